The van der Waals surface area contributed by atoms with E-state index in [1.54, 1.807) is 6.07 Å². The van der Waals surface area contributed by atoms with Gasteiger partial charge in [0.25, 0.3) is 5.69 Å². The van der Waals surface area contributed by atoms with E-state index in [0.29, 0.717) is 11.9 Å². The second-order valence-electron chi connectivity index (χ2n) is 4.19. The van der Waals surface area contributed by atoms with Crippen molar-refractivity contribution in [2.24, 2.45) is 0 Å². The molecule has 1 saturated heterocycles. The summed E-state index contributed by atoms with van der Waals surface area (Å²) >= 11 is 0. The lowest BCUT2D eigenvalue weighted by Gasteiger charge is -2.23. The fraction of sp³-hybridized carbons (Fsp3) is 0.545. The van der Waals surface area contributed by atoms with Crippen LogP contribution in [-0.4, -0.2) is 29.0 Å². The van der Waals surface area contributed by atoms with Crippen LogP contribution in [0.25, 0.3) is 0 Å². The summed E-state index contributed by atoms with van der Waals surface area (Å²) in [5.74, 6) is 0.683. The number of rotatable bonds is 4. The number of hydrogen-bond donors (Lipinski definition) is 2. The first-order chi connectivity index (χ1) is 8.25. The molecule has 1 aliphatic rings. The monoisotopic (exact) mass is 236 g/mol. The molecule has 17 heavy (non-hydrogen) atoms. The second kappa shape index (κ2) is 5.58. The lowest BCUT2D eigenvalue weighted by atomic mass is 10.1. The summed E-state index contributed by atoms with van der Waals surface area (Å²) in [7, 11) is 0. The molecule has 6 nitrogen and oxygen atoms in total. The molecular weight excluding hydrogens is 220 g/mol. The predicted molar refractivity (Wildman–Crippen MR) is 65.0 cm³/mol. The molecule has 1 aromatic heterocycles. The number of nitrogens with one attached hydrogen (secondary N) is 2. The first kappa shape index (κ1) is 11.8. The molecule has 2 rings (SSSR count). The highest BCUT2D eigenvalue weighted by molar-refractivity contribution is 5.40. The van der Waals surface area contributed by atoms with Gasteiger partial charge in [-0.05, 0) is 25.5 Å². The summed E-state index contributed by atoms with van der Waals surface area (Å²) in [6.07, 6.45) is 4.94. The van der Waals surface area contributed by atoms with Crippen LogP contribution in [0.4, 0.5) is 11.5 Å². The summed E-state index contributed by atoms with van der Waals surface area (Å²) in [5.41, 5.74) is 0.0198. The van der Waals surface area contributed by atoms with Gasteiger partial charge in [-0.3, -0.25) is 10.1 Å². The molecule has 2 N–H and O–H groups in total. The van der Waals surface area contributed by atoms with E-state index in [9.17, 15) is 10.1 Å². The third-order valence-electron chi connectivity index (χ3n) is 2.90. The average molecular weight is 236 g/mol. The summed E-state index contributed by atoms with van der Waals surface area (Å²) < 4.78 is 0. The molecule has 0 aliphatic carbocycles. The second-order valence-corrected chi connectivity index (χ2v) is 4.19. The number of pyridine rings is 1. The molecule has 1 aliphatic heterocycles. The Kier molecular flexibility index (Phi) is 3.87. The standard InChI is InChI=1S/C11H16N4O2/c16-15(17)10-4-5-11(14-8-10)13-7-9-3-1-2-6-12-9/h4-5,8-9,12H,1-3,6-7H2,(H,13,14)/t9-/m1/s1. The fourth-order valence-electron chi connectivity index (χ4n) is 1.92. The van der Waals surface area contributed by atoms with E-state index in [2.05, 4.69) is 15.6 Å². The maximum absolute atomic E-state index is 10.5. The molecule has 0 radical (unpaired) electrons. The maximum Gasteiger partial charge on any atom is 0.287 e. The van der Waals surface area contributed by atoms with Crippen LogP contribution >= 0.6 is 0 Å². The van der Waals surface area contributed by atoms with Crippen LogP contribution in [0.15, 0.2) is 18.3 Å². The zero-order chi connectivity index (χ0) is 12.1. The molecule has 1 aromatic rings. The molecule has 0 spiro atoms. The van der Waals surface area contributed by atoms with E-state index in [-0.39, 0.29) is 5.69 Å². The summed E-state index contributed by atoms with van der Waals surface area (Å²) in [6.45, 7) is 1.88. The molecule has 0 amide bonds. The van der Waals surface area contributed by atoms with Gasteiger partial charge in [-0.1, -0.05) is 6.42 Å². The van der Waals surface area contributed by atoms with Crippen LogP contribution in [0.1, 0.15) is 19.3 Å². The Bertz CT molecular complexity index is 374. The number of nitro groups is 1. The van der Waals surface area contributed by atoms with E-state index in [4.69, 9.17) is 0 Å². The van der Waals surface area contributed by atoms with Crippen LogP contribution in [0.5, 0.6) is 0 Å². The molecule has 2 heterocycles. The van der Waals surface area contributed by atoms with E-state index in [0.717, 1.165) is 13.1 Å². The maximum atomic E-state index is 10.5. The predicted octanol–water partition coefficient (Wildman–Crippen LogP) is 1.54. The lowest BCUT2D eigenvalue weighted by molar-refractivity contribution is -0.385. The van der Waals surface area contributed by atoms with Crippen molar-refractivity contribution in [1.82, 2.24) is 10.3 Å². The molecule has 0 saturated carbocycles. The highest BCUT2D eigenvalue weighted by Crippen LogP contribution is 2.12. The Hall–Kier alpha value is -1.69. The first-order valence-corrected chi connectivity index (χ1v) is 5.83. The minimum absolute atomic E-state index is 0.0198. The van der Waals surface area contributed by atoms with E-state index < -0.39 is 4.92 Å². The molecule has 0 aromatic carbocycles. The minimum atomic E-state index is -0.445. The third-order valence-corrected chi connectivity index (χ3v) is 2.90. The van der Waals surface area contributed by atoms with Gasteiger partial charge in [0.15, 0.2) is 0 Å². The van der Waals surface area contributed by atoms with Crippen molar-refractivity contribution in [3.8, 4) is 0 Å². The topological polar surface area (TPSA) is 80.1 Å². The van der Waals surface area contributed by atoms with Crippen LogP contribution in [0.2, 0.25) is 0 Å². The Morgan fingerprint density at radius 2 is 2.41 bits per heavy atom. The number of piperidine rings is 1. The number of hydrogen-bond acceptors (Lipinski definition) is 5. The van der Waals surface area contributed by atoms with Crippen molar-refractivity contribution in [2.75, 3.05) is 18.4 Å². The van der Waals surface area contributed by atoms with Gasteiger partial charge < -0.3 is 10.6 Å². The average Bonchev–Trinajstić information content (AvgIpc) is 2.38. The number of aromatic nitrogens is 1. The largest absolute Gasteiger partial charge is 0.369 e. The van der Waals surface area contributed by atoms with Gasteiger partial charge in [0, 0.05) is 18.7 Å². The van der Waals surface area contributed by atoms with Gasteiger partial charge in [0.1, 0.15) is 12.0 Å². The quantitative estimate of drug-likeness (QED) is 0.612. The molecule has 0 bridgehead atoms. The molecule has 1 fully saturated rings. The van der Waals surface area contributed by atoms with Crippen LogP contribution in [-0.2, 0) is 0 Å². The number of anilines is 1. The Morgan fingerprint density at radius 3 is 3.00 bits per heavy atom. The summed E-state index contributed by atoms with van der Waals surface area (Å²) in [6, 6.07) is 3.57. The number of nitrogens with zero attached hydrogens (tertiary/aromatic N) is 2. The molecule has 6 heteroatoms. The van der Waals surface area contributed by atoms with Gasteiger partial charge in [-0.2, -0.15) is 0 Å². The van der Waals surface area contributed by atoms with Crippen molar-refractivity contribution in [3.63, 3.8) is 0 Å². The zero-order valence-corrected chi connectivity index (χ0v) is 9.56. The van der Waals surface area contributed by atoms with Crippen LogP contribution in [0.3, 0.4) is 0 Å². The Balaban J connectivity index is 1.84. The van der Waals surface area contributed by atoms with E-state index in [1.165, 1.54) is 31.5 Å². The highest BCUT2D eigenvalue weighted by atomic mass is 16.6. The SMILES string of the molecule is O=[N+]([O-])c1ccc(NC[C@H]2CCCCN2)nc1. The molecule has 1 atom stereocenters. The lowest BCUT2D eigenvalue weighted by Crippen LogP contribution is -2.39. The van der Waals surface area contributed by atoms with Crippen molar-refractivity contribution in [3.05, 3.63) is 28.4 Å². The zero-order valence-electron chi connectivity index (χ0n) is 9.56. The third kappa shape index (κ3) is 3.39. The molecular formula is C11H16N4O2. The van der Waals surface area contributed by atoms with Crippen molar-refractivity contribution in [1.29, 1.82) is 0 Å². The van der Waals surface area contributed by atoms with Crippen molar-refractivity contribution in [2.45, 2.75) is 25.3 Å². The minimum Gasteiger partial charge on any atom is -0.369 e. The molecule has 92 valence electrons. The normalized spacial score (nSPS) is 19.9. The van der Waals surface area contributed by atoms with Crippen molar-refractivity contribution >= 4 is 11.5 Å². The summed E-state index contributed by atoms with van der Waals surface area (Å²) in [5, 5.41) is 17.1. The van der Waals surface area contributed by atoms with E-state index in [1.807, 2.05) is 0 Å². The van der Waals surface area contributed by atoms with Crippen molar-refractivity contribution < 1.29 is 4.92 Å². The first-order valence-electron chi connectivity index (χ1n) is 5.83. The van der Waals surface area contributed by atoms with Gasteiger partial charge in [0.2, 0.25) is 0 Å². The van der Waals surface area contributed by atoms with Gasteiger partial charge in [0.05, 0.1) is 4.92 Å². The van der Waals surface area contributed by atoms with Gasteiger partial charge in [-0.25, -0.2) is 4.98 Å². The van der Waals surface area contributed by atoms with Crippen LogP contribution in [0, 0.1) is 10.1 Å². The van der Waals surface area contributed by atoms with Gasteiger partial charge >= 0.3 is 0 Å². The van der Waals surface area contributed by atoms with E-state index >= 15 is 0 Å². The Morgan fingerprint density at radius 1 is 1.53 bits per heavy atom. The molecule has 0 unspecified atom stereocenters. The Labute approximate surface area is 99.6 Å². The smallest absolute Gasteiger partial charge is 0.287 e. The fourth-order valence-corrected chi connectivity index (χ4v) is 1.92. The van der Waals surface area contributed by atoms with Crippen LogP contribution < -0.4 is 10.6 Å². The van der Waals surface area contributed by atoms with Gasteiger partial charge in [-0.15, -0.1) is 0 Å². The summed E-state index contributed by atoms with van der Waals surface area (Å²) in [4.78, 5) is 14.0. The highest BCUT2D eigenvalue weighted by Gasteiger charge is 2.12.